The summed E-state index contributed by atoms with van der Waals surface area (Å²) in [4.78, 5) is 10.4. The number of hydrogen-bond donors (Lipinski definition) is 0. The van der Waals surface area contributed by atoms with Gasteiger partial charge < -0.3 is 0 Å². The summed E-state index contributed by atoms with van der Waals surface area (Å²) >= 11 is 0. The van der Waals surface area contributed by atoms with Gasteiger partial charge in [0.15, 0.2) is 0 Å². The monoisotopic (exact) mass is 443 g/mol. The van der Waals surface area contributed by atoms with Gasteiger partial charge in [-0.15, -0.1) is 0 Å². The summed E-state index contributed by atoms with van der Waals surface area (Å²) in [6.07, 6.45) is 4.05. The highest BCUT2D eigenvalue weighted by Crippen LogP contribution is 2.54. The zero-order valence-corrected chi connectivity index (χ0v) is 22.1. The Labute approximate surface area is 199 Å². The van der Waals surface area contributed by atoms with Gasteiger partial charge in [0.25, 0.3) is 0 Å². The van der Waals surface area contributed by atoms with Gasteiger partial charge in [-0.1, -0.05) is 74.4 Å². The normalized spacial score (nSPS) is 19.0. The number of fused-ring (bicyclic) bond motifs is 10. The summed E-state index contributed by atoms with van der Waals surface area (Å²) in [6, 6.07) is 11.4. The number of aromatic nitrogens is 3. The van der Waals surface area contributed by atoms with E-state index in [0.717, 1.165) is 34.3 Å². The van der Waals surface area contributed by atoms with Crippen LogP contribution in [0.1, 0.15) is 122 Å². The quantitative estimate of drug-likeness (QED) is 0.294. The summed E-state index contributed by atoms with van der Waals surface area (Å²) in [6.45, 7) is 19.3. The number of hydrogen-bond acceptors (Lipinski definition) is 2. The summed E-state index contributed by atoms with van der Waals surface area (Å²) in [7, 11) is 0. The van der Waals surface area contributed by atoms with Crippen molar-refractivity contribution in [3.05, 3.63) is 52.8 Å². The Hall–Kier alpha value is -2.42. The fraction of sp³-hybridized carbons (Fsp3) is 0.533. The maximum absolute atomic E-state index is 5.24. The molecule has 2 bridgehead atoms. The predicted molar refractivity (Wildman–Crippen MR) is 143 cm³/mol. The molecule has 0 spiro atoms. The highest BCUT2D eigenvalue weighted by Gasteiger charge is 2.37. The van der Waals surface area contributed by atoms with E-state index in [1.54, 1.807) is 11.1 Å². The second-order valence-corrected chi connectivity index (χ2v) is 10.5. The summed E-state index contributed by atoms with van der Waals surface area (Å²) < 4.78 is 2.37. The third kappa shape index (κ3) is 3.64. The first kappa shape index (κ1) is 23.7. The molecule has 2 unspecified atom stereocenters. The van der Waals surface area contributed by atoms with Gasteiger partial charge in [0.1, 0.15) is 11.5 Å². The van der Waals surface area contributed by atoms with Gasteiger partial charge in [-0.05, 0) is 71.9 Å². The second-order valence-electron chi connectivity index (χ2n) is 10.5. The molecule has 0 aliphatic heterocycles. The van der Waals surface area contributed by atoms with E-state index in [-0.39, 0.29) is 5.41 Å². The van der Waals surface area contributed by atoms with Crippen LogP contribution >= 0.6 is 0 Å². The lowest BCUT2D eigenvalue weighted by Gasteiger charge is -2.22. The molecule has 2 aromatic carbocycles. The number of imidazole rings is 1. The molecule has 4 aromatic rings. The molecule has 2 aromatic heterocycles. The molecule has 176 valence electrons. The fourth-order valence-corrected chi connectivity index (χ4v) is 5.83. The van der Waals surface area contributed by atoms with Crippen LogP contribution in [-0.4, -0.2) is 14.4 Å². The molecule has 33 heavy (non-hydrogen) atoms. The average Bonchev–Trinajstić information content (AvgIpc) is 3.52. The van der Waals surface area contributed by atoms with Gasteiger partial charge in [-0.2, -0.15) is 0 Å². The Bertz CT molecular complexity index is 1300. The van der Waals surface area contributed by atoms with E-state index in [9.17, 15) is 0 Å². The van der Waals surface area contributed by atoms with Crippen molar-refractivity contribution in [2.24, 2.45) is 0 Å². The average molecular weight is 444 g/mol. The standard InChI is InChI=1S/C26H29N3.2C2H6/c1-14(2)17-7-6-8-20-23(17)24-27-21-12-18-15-9-10-16(11-15)19(18)13-22(21)29(24)25(28-20)26(3,4)5;2*1-2/h6-8,12-16H,9-11H2,1-5H3;2*1-2H3. The zero-order chi connectivity index (χ0) is 24.1. The van der Waals surface area contributed by atoms with Gasteiger partial charge >= 0.3 is 0 Å². The molecule has 6 rings (SSSR count). The lowest BCUT2D eigenvalue weighted by molar-refractivity contribution is 0.542. The molecule has 1 fully saturated rings. The smallest absolute Gasteiger partial charge is 0.149 e. The van der Waals surface area contributed by atoms with E-state index in [1.807, 2.05) is 27.7 Å². The van der Waals surface area contributed by atoms with Crippen LogP contribution in [0.25, 0.3) is 27.6 Å². The fourth-order valence-electron chi connectivity index (χ4n) is 5.83. The van der Waals surface area contributed by atoms with Crippen LogP contribution in [0.15, 0.2) is 30.3 Å². The largest absolute Gasteiger partial charge is 0.279 e. The van der Waals surface area contributed by atoms with E-state index < -0.39 is 0 Å². The number of nitrogens with zero attached hydrogens (tertiary/aromatic N) is 3. The predicted octanol–water partition coefficient (Wildman–Crippen LogP) is 8.87. The van der Waals surface area contributed by atoms with Crippen molar-refractivity contribution >= 4 is 27.6 Å². The van der Waals surface area contributed by atoms with Crippen molar-refractivity contribution in [1.82, 2.24) is 14.4 Å². The number of benzene rings is 2. The van der Waals surface area contributed by atoms with E-state index in [1.165, 1.54) is 35.7 Å². The van der Waals surface area contributed by atoms with E-state index >= 15 is 0 Å². The summed E-state index contributed by atoms with van der Waals surface area (Å²) in [5.74, 6) is 3.05. The molecule has 2 aliphatic carbocycles. The van der Waals surface area contributed by atoms with Crippen molar-refractivity contribution in [3.8, 4) is 0 Å². The Morgan fingerprint density at radius 2 is 1.52 bits per heavy atom. The van der Waals surface area contributed by atoms with Crippen molar-refractivity contribution in [3.63, 3.8) is 0 Å². The molecule has 0 N–H and O–H groups in total. The van der Waals surface area contributed by atoms with Gasteiger partial charge in [-0.25, -0.2) is 9.97 Å². The minimum Gasteiger partial charge on any atom is -0.279 e. The first-order valence-corrected chi connectivity index (χ1v) is 13.1. The molecule has 0 saturated heterocycles. The molecule has 1 saturated carbocycles. The molecule has 0 amide bonds. The van der Waals surface area contributed by atoms with Crippen LogP contribution in [0.2, 0.25) is 0 Å². The molecule has 3 heteroatoms. The Kier molecular flexibility index (Phi) is 6.28. The van der Waals surface area contributed by atoms with Crippen molar-refractivity contribution in [2.45, 2.75) is 105 Å². The first-order valence-electron chi connectivity index (χ1n) is 13.1. The molecule has 2 heterocycles. The SMILES string of the molecule is CC.CC.CC(C)c1cccc2nc(C(C)(C)C)n3c4cc5c(cc4nc3c12)C1CCC5C1. The van der Waals surface area contributed by atoms with Crippen LogP contribution in [0.5, 0.6) is 0 Å². The van der Waals surface area contributed by atoms with Crippen LogP contribution in [0, 0.1) is 0 Å². The van der Waals surface area contributed by atoms with Gasteiger partial charge in [0.05, 0.1) is 16.6 Å². The van der Waals surface area contributed by atoms with Gasteiger partial charge in [-0.3, -0.25) is 4.40 Å². The van der Waals surface area contributed by atoms with Crippen molar-refractivity contribution < 1.29 is 0 Å². The third-order valence-corrected chi connectivity index (χ3v) is 7.20. The minimum absolute atomic E-state index is 0.0636. The summed E-state index contributed by atoms with van der Waals surface area (Å²) in [5, 5.41) is 1.22. The second kappa shape index (κ2) is 8.74. The van der Waals surface area contributed by atoms with Crippen LogP contribution in [0.3, 0.4) is 0 Å². The van der Waals surface area contributed by atoms with Crippen LogP contribution in [-0.2, 0) is 5.41 Å². The van der Waals surface area contributed by atoms with Gasteiger partial charge in [0, 0.05) is 10.8 Å². The third-order valence-electron chi connectivity index (χ3n) is 7.20. The highest BCUT2D eigenvalue weighted by molar-refractivity contribution is 5.99. The van der Waals surface area contributed by atoms with Crippen LogP contribution in [0.4, 0.5) is 0 Å². The molecule has 2 atom stereocenters. The van der Waals surface area contributed by atoms with Crippen molar-refractivity contribution in [1.29, 1.82) is 0 Å². The highest BCUT2D eigenvalue weighted by atomic mass is 15.1. The zero-order valence-electron chi connectivity index (χ0n) is 22.1. The van der Waals surface area contributed by atoms with E-state index in [2.05, 4.69) is 69.4 Å². The molecule has 3 nitrogen and oxygen atoms in total. The first-order chi connectivity index (χ1) is 15.8. The van der Waals surface area contributed by atoms with Crippen LogP contribution < -0.4 is 0 Å². The topological polar surface area (TPSA) is 30.2 Å². The maximum Gasteiger partial charge on any atom is 0.149 e. The van der Waals surface area contributed by atoms with Crippen molar-refractivity contribution in [2.75, 3.05) is 0 Å². The lowest BCUT2D eigenvalue weighted by Crippen LogP contribution is -2.19. The molecular formula is C30H41N3. The van der Waals surface area contributed by atoms with Gasteiger partial charge in [0.2, 0.25) is 0 Å². The molecule has 0 radical (unpaired) electrons. The Morgan fingerprint density at radius 1 is 0.879 bits per heavy atom. The Balaban J connectivity index is 0.000000617. The minimum atomic E-state index is -0.0636. The van der Waals surface area contributed by atoms with E-state index in [0.29, 0.717) is 5.92 Å². The lowest BCUT2D eigenvalue weighted by atomic mass is 9.91. The number of rotatable bonds is 1. The maximum atomic E-state index is 5.24. The van der Waals surface area contributed by atoms with E-state index in [4.69, 9.17) is 9.97 Å². The molecular weight excluding hydrogens is 402 g/mol. The molecule has 2 aliphatic rings. The summed E-state index contributed by atoms with van der Waals surface area (Å²) in [5.41, 5.74) is 8.93. The Morgan fingerprint density at radius 3 is 2.12 bits per heavy atom.